The Balaban J connectivity index is 1.48. The molecule has 2 N–H and O–H groups in total. The molecule has 2 aromatic heterocycles. The van der Waals surface area contributed by atoms with Crippen molar-refractivity contribution in [2.24, 2.45) is 0 Å². The van der Waals surface area contributed by atoms with Gasteiger partial charge >= 0.3 is 0 Å². The molecule has 3 aromatic rings. The zero-order chi connectivity index (χ0) is 24.9. The van der Waals surface area contributed by atoms with Gasteiger partial charge in [0.2, 0.25) is 0 Å². The molecule has 0 amide bonds. The molecule has 1 atom stereocenters. The van der Waals surface area contributed by atoms with Crippen molar-refractivity contribution in [1.29, 1.82) is 0 Å². The monoisotopic (exact) mass is 496 g/mol. The molecule has 1 aliphatic carbocycles. The van der Waals surface area contributed by atoms with Crippen LogP contribution in [0.5, 0.6) is 11.5 Å². The summed E-state index contributed by atoms with van der Waals surface area (Å²) in [5.41, 5.74) is 1.26. The summed E-state index contributed by atoms with van der Waals surface area (Å²) in [5.74, 6) is 2.21. The van der Waals surface area contributed by atoms with Crippen LogP contribution in [0, 0.1) is 0 Å². The second-order valence-corrected chi connectivity index (χ2v) is 9.83. The van der Waals surface area contributed by atoms with E-state index in [0.29, 0.717) is 55.8 Å². The van der Waals surface area contributed by atoms with Gasteiger partial charge in [0, 0.05) is 36.7 Å². The molecule has 1 saturated carbocycles. The fourth-order valence-electron chi connectivity index (χ4n) is 5.50. The minimum Gasteiger partial charge on any atom is -0.486 e. The van der Waals surface area contributed by atoms with Gasteiger partial charge < -0.3 is 19.6 Å². The summed E-state index contributed by atoms with van der Waals surface area (Å²) in [7, 11) is 0. The van der Waals surface area contributed by atoms with Crippen molar-refractivity contribution < 1.29 is 14.6 Å². The lowest BCUT2D eigenvalue weighted by Gasteiger charge is -2.32. The molecule has 1 aliphatic heterocycles. The fraction of sp³-hybridized carbons (Fsp3) is 0.615. The van der Waals surface area contributed by atoms with Crippen LogP contribution in [0.3, 0.4) is 0 Å². The van der Waals surface area contributed by atoms with E-state index >= 15 is 0 Å². The molecule has 2 aliphatic rings. The third-order valence-electron chi connectivity index (χ3n) is 7.30. The third kappa shape index (κ3) is 5.24. The molecule has 0 unspecified atom stereocenters. The van der Waals surface area contributed by atoms with Crippen LogP contribution in [0.1, 0.15) is 81.8 Å². The van der Waals surface area contributed by atoms with E-state index in [1.807, 2.05) is 22.9 Å². The van der Waals surface area contributed by atoms with Crippen molar-refractivity contribution in [2.75, 3.05) is 26.4 Å². The van der Waals surface area contributed by atoms with Crippen LogP contribution in [0.2, 0.25) is 0 Å². The van der Waals surface area contributed by atoms with Gasteiger partial charge in [-0.15, -0.1) is 5.10 Å². The maximum atomic E-state index is 13.1. The Morgan fingerprint density at radius 2 is 1.94 bits per heavy atom. The van der Waals surface area contributed by atoms with Crippen LogP contribution < -0.4 is 15.0 Å². The standard InChI is InChI=1S/C26H36N6O4/c1-2-7-22(25-28-29-30-32(25)20-8-4-3-5-9-20)31(10-6-11-33)17-19-14-18-15-23-24(36-13-12-35-23)16-21(18)27-26(19)34/h14-16,20,22,33H,2-13,17H2,1H3,(H,27,34)/t22-/m0/s1. The quantitative estimate of drug-likeness (QED) is 0.438. The van der Waals surface area contributed by atoms with Gasteiger partial charge in [0.15, 0.2) is 17.3 Å². The number of tetrazole rings is 1. The van der Waals surface area contributed by atoms with Crippen LogP contribution in [0.15, 0.2) is 23.0 Å². The molecule has 5 rings (SSSR count). The fourth-order valence-corrected chi connectivity index (χ4v) is 5.50. The van der Waals surface area contributed by atoms with Gasteiger partial charge in [0.25, 0.3) is 5.56 Å². The molecular formula is C26H36N6O4. The van der Waals surface area contributed by atoms with E-state index in [9.17, 15) is 9.90 Å². The summed E-state index contributed by atoms with van der Waals surface area (Å²) in [6, 6.07) is 5.96. The Kier molecular flexibility index (Phi) is 7.81. The first-order chi connectivity index (χ1) is 17.7. The molecule has 194 valence electrons. The van der Waals surface area contributed by atoms with E-state index in [4.69, 9.17) is 9.47 Å². The van der Waals surface area contributed by atoms with Gasteiger partial charge in [0.1, 0.15) is 13.2 Å². The molecule has 0 bridgehead atoms. The van der Waals surface area contributed by atoms with Crippen LogP contribution in [0.25, 0.3) is 10.9 Å². The second kappa shape index (κ2) is 11.4. The highest BCUT2D eigenvalue weighted by molar-refractivity contribution is 5.83. The van der Waals surface area contributed by atoms with Gasteiger partial charge in [-0.3, -0.25) is 9.69 Å². The zero-order valence-corrected chi connectivity index (χ0v) is 21.0. The Morgan fingerprint density at radius 3 is 2.69 bits per heavy atom. The highest BCUT2D eigenvalue weighted by Gasteiger charge is 2.29. The van der Waals surface area contributed by atoms with Crippen molar-refractivity contribution in [2.45, 2.75) is 76.9 Å². The van der Waals surface area contributed by atoms with Gasteiger partial charge in [-0.2, -0.15) is 0 Å². The summed E-state index contributed by atoms with van der Waals surface area (Å²) >= 11 is 0. The number of aliphatic hydroxyl groups excluding tert-OH is 1. The number of nitrogens with zero attached hydrogens (tertiary/aromatic N) is 5. The minimum absolute atomic E-state index is 0.0474. The number of H-pyrrole nitrogens is 1. The number of rotatable bonds is 10. The van der Waals surface area contributed by atoms with E-state index in [1.54, 1.807) is 0 Å². The maximum absolute atomic E-state index is 13.1. The number of ether oxygens (including phenoxy) is 2. The normalized spacial score (nSPS) is 17.1. The lowest BCUT2D eigenvalue weighted by molar-refractivity contribution is 0.143. The van der Waals surface area contributed by atoms with Crippen molar-refractivity contribution >= 4 is 10.9 Å². The smallest absolute Gasteiger partial charge is 0.252 e. The number of hydrogen-bond acceptors (Lipinski definition) is 8. The average molecular weight is 497 g/mol. The number of aromatic nitrogens is 5. The highest BCUT2D eigenvalue weighted by Crippen LogP contribution is 2.35. The third-order valence-corrected chi connectivity index (χ3v) is 7.30. The number of nitrogens with one attached hydrogen (secondary N) is 1. The second-order valence-electron chi connectivity index (χ2n) is 9.83. The van der Waals surface area contributed by atoms with Crippen LogP contribution in [-0.2, 0) is 6.54 Å². The maximum Gasteiger partial charge on any atom is 0.252 e. The van der Waals surface area contributed by atoms with Crippen molar-refractivity contribution in [3.05, 3.63) is 39.9 Å². The summed E-state index contributed by atoms with van der Waals surface area (Å²) in [5, 5.41) is 23.5. The minimum atomic E-state index is -0.129. The molecule has 0 spiro atoms. The summed E-state index contributed by atoms with van der Waals surface area (Å²) in [6.07, 6.45) is 8.26. The lowest BCUT2D eigenvalue weighted by Crippen LogP contribution is -2.34. The average Bonchev–Trinajstić information content (AvgIpc) is 3.39. The predicted molar refractivity (Wildman–Crippen MR) is 135 cm³/mol. The number of pyridine rings is 1. The first-order valence-electron chi connectivity index (χ1n) is 13.3. The molecule has 1 aromatic carbocycles. The van der Waals surface area contributed by atoms with E-state index in [-0.39, 0.29) is 18.2 Å². The zero-order valence-electron chi connectivity index (χ0n) is 21.0. The molecule has 10 nitrogen and oxygen atoms in total. The van der Waals surface area contributed by atoms with Gasteiger partial charge in [-0.1, -0.05) is 32.6 Å². The van der Waals surface area contributed by atoms with Crippen LogP contribution in [-0.4, -0.2) is 61.6 Å². The van der Waals surface area contributed by atoms with Gasteiger partial charge in [0.05, 0.1) is 17.6 Å². The SMILES string of the molecule is CCC[C@@H](c1nnnn1C1CCCCC1)N(CCCO)Cc1cc2cc3c(cc2[nH]c1=O)OCCO3. The van der Waals surface area contributed by atoms with Crippen molar-refractivity contribution in [3.8, 4) is 11.5 Å². The molecule has 36 heavy (non-hydrogen) atoms. The van der Waals surface area contributed by atoms with Crippen LogP contribution in [0.4, 0.5) is 0 Å². The predicted octanol–water partition coefficient (Wildman–Crippen LogP) is 3.52. The Bertz CT molecular complexity index is 1220. The van der Waals surface area contributed by atoms with Crippen LogP contribution >= 0.6 is 0 Å². The molecule has 10 heteroatoms. The van der Waals surface area contributed by atoms with E-state index < -0.39 is 0 Å². The Labute approximate surface area is 210 Å². The van der Waals surface area contributed by atoms with E-state index in [2.05, 4.69) is 32.3 Å². The van der Waals surface area contributed by atoms with Crippen molar-refractivity contribution in [3.63, 3.8) is 0 Å². The molecular weight excluding hydrogens is 460 g/mol. The summed E-state index contributed by atoms with van der Waals surface area (Å²) in [4.78, 5) is 18.4. The topological polar surface area (TPSA) is 118 Å². The first-order valence-corrected chi connectivity index (χ1v) is 13.3. The molecule has 3 heterocycles. The Hall–Kier alpha value is -2.98. The lowest BCUT2D eigenvalue weighted by atomic mass is 9.95. The first kappa shape index (κ1) is 24.7. The number of hydrogen-bond donors (Lipinski definition) is 2. The van der Waals surface area contributed by atoms with Gasteiger partial charge in [-0.25, -0.2) is 4.68 Å². The summed E-state index contributed by atoms with van der Waals surface area (Å²) < 4.78 is 13.4. The van der Waals surface area contributed by atoms with Gasteiger partial charge in [-0.05, 0) is 48.2 Å². The molecule has 0 saturated heterocycles. The number of benzene rings is 1. The Morgan fingerprint density at radius 1 is 1.17 bits per heavy atom. The van der Waals surface area contributed by atoms with E-state index in [0.717, 1.165) is 42.4 Å². The molecule has 0 radical (unpaired) electrons. The number of aromatic amines is 1. The molecule has 1 fully saturated rings. The number of aliphatic hydroxyl groups is 1. The van der Waals surface area contributed by atoms with Crippen molar-refractivity contribution in [1.82, 2.24) is 30.1 Å². The largest absolute Gasteiger partial charge is 0.486 e. The van der Waals surface area contributed by atoms with E-state index in [1.165, 1.54) is 19.3 Å². The highest BCUT2D eigenvalue weighted by atomic mass is 16.6. The number of fused-ring (bicyclic) bond motifs is 2. The summed E-state index contributed by atoms with van der Waals surface area (Å²) in [6.45, 7) is 4.32.